The zero-order chi connectivity index (χ0) is 25.5. The third-order valence-corrected chi connectivity index (χ3v) is 8.00. The number of fused-ring (bicyclic) bond motifs is 1. The summed E-state index contributed by atoms with van der Waals surface area (Å²) in [5.41, 5.74) is 0.355. The third kappa shape index (κ3) is 6.06. The highest BCUT2D eigenvalue weighted by Crippen LogP contribution is 2.31. The van der Waals surface area contributed by atoms with Gasteiger partial charge in [-0.15, -0.1) is 11.8 Å². The number of anilines is 1. The lowest BCUT2D eigenvalue weighted by Gasteiger charge is -2.27. The first-order chi connectivity index (χ1) is 17.4. The van der Waals surface area contributed by atoms with Crippen LogP contribution in [0.3, 0.4) is 0 Å². The average molecular weight is 529 g/mol. The maximum atomic E-state index is 13.6. The van der Waals surface area contributed by atoms with Crippen LogP contribution in [-0.4, -0.2) is 53.0 Å². The number of carbonyl (C=O) groups excluding carboxylic acids is 1. The van der Waals surface area contributed by atoms with E-state index in [9.17, 15) is 13.2 Å². The average Bonchev–Trinajstić information content (AvgIpc) is 2.91. The fourth-order valence-corrected chi connectivity index (χ4v) is 5.47. The lowest BCUT2D eigenvalue weighted by atomic mass is 10.2. The first-order valence-electron chi connectivity index (χ1n) is 11.5. The molecule has 0 radical (unpaired) electrons. The summed E-state index contributed by atoms with van der Waals surface area (Å²) in [5, 5.41) is 2.78. The molecule has 4 rings (SSSR count). The Bertz CT molecular complexity index is 1280. The molecule has 0 spiro atoms. The number of carbonyl (C=O) groups is 1. The maximum Gasteiger partial charge on any atom is 0.264 e. The van der Waals surface area contributed by atoms with Gasteiger partial charge in [-0.2, -0.15) is 0 Å². The predicted octanol–water partition coefficient (Wildman–Crippen LogP) is 3.96. The summed E-state index contributed by atoms with van der Waals surface area (Å²) in [5.74, 6) is 1.41. The van der Waals surface area contributed by atoms with Gasteiger partial charge < -0.3 is 19.5 Å². The van der Waals surface area contributed by atoms with E-state index in [1.165, 1.54) is 11.8 Å². The summed E-state index contributed by atoms with van der Waals surface area (Å²) in [6, 6.07) is 20.5. The van der Waals surface area contributed by atoms with Crippen LogP contribution in [0.4, 0.5) is 5.69 Å². The lowest BCUT2D eigenvalue weighted by molar-refractivity contribution is -0.120. The number of amides is 1. The van der Waals surface area contributed by atoms with Crippen molar-refractivity contribution in [3.8, 4) is 17.2 Å². The second-order valence-corrected chi connectivity index (χ2v) is 10.7. The Balaban J connectivity index is 1.50. The van der Waals surface area contributed by atoms with Crippen molar-refractivity contribution in [3.05, 3.63) is 72.8 Å². The van der Waals surface area contributed by atoms with Crippen molar-refractivity contribution in [2.45, 2.75) is 22.8 Å². The molecule has 1 N–H and O–H groups in total. The van der Waals surface area contributed by atoms with Gasteiger partial charge in [-0.25, -0.2) is 8.42 Å². The van der Waals surface area contributed by atoms with Gasteiger partial charge in [0, 0.05) is 4.90 Å². The molecular formula is C26H28N2O6S2. The smallest absolute Gasteiger partial charge is 0.264 e. The number of hydrogen-bond acceptors (Lipinski definition) is 7. The molecule has 10 heteroatoms. The summed E-state index contributed by atoms with van der Waals surface area (Å²) in [7, 11) is -4.02. The SMILES string of the molecule is CCOc1ccc(N(CC(=O)NC[C@@H]2COc3ccccc3O2)S(=O)(=O)c2ccc(SC)cc2)cc1. The molecule has 1 aliphatic rings. The Morgan fingerprint density at radius 2 is 1.75 bits per heavy atom. The Labute approximate surface area is 215 Å². The summed E-state index contributed by atoms with van der Waals surface area (Å²) in [6.07, 6.45) is 1.53. The number of ether oxygens (including phenoxy) is 3. The predicted molar refractivity (Wildman–Crippen MR) is 140 cm³/mol. The minimum absolute atomic E-state index is 0.0996. The topological polar surface area (TPSA) is 94.2 Å². The molecule has 190 valence electrons. The van der Waals surface area contributed by atoms with Gasteiger partial charge in [0.25, 0.3) is 10.0 Å². The Morgan fingerprint density at radius 3 is 2.42 bits per heavy atom. The van der Waals surface area contributed by atoms with Gasteiger partial charge >= 0.3 is 0 Å². The van der Waals surface area contributed by atoms with Crippen LogP contribution in [0.25, 0.3) is 0 Å². The number of benzene rings is 3. The molecule has 3 aromatic rings. The number of nitrogens with zero attached hydrogens (tertiary/aromatic N) is 1. The number of rotatable bonds is 10. The van der Waals surface area contributed by atoms with Crippen molar-refractivity contribution in [1.82, 2.24) is 5.32 Å². The Hall–Kier alpha value is -3.37. The summed E-state index contributed by atoms with van der Waals surface area (Å²) < 4.78 is 45.3. The van der Waals surface area contributed by atoms with Crippen LogP contribution in [-0.2, 0) is 14.8 Å². The molecule has 3 aromatic carbocycles. The monoisotopic (exact) mass is 528 g/mol. The quantitative estimate of drug-likeness (QED) is 0.398. The number of para-hydroxylation sites is 2. The van der Waals surface area contributed by atoms with E-state index in [4.69, 9.17) is 14.2 Å². The molecule has 1 amide bonds. The normalized spacial score (nSPS) is 14.7. The van der Waals surface area contributed by atoms with Crippen LogP contribution in [0.1, 0.15) is 6.92 Å². The van der Waals surface area contributed by atoms with Gasteiger partial charge in [-0.1, -0.05) is 12.1 Å². The fraction of sp³-hybridized carbons (Fsp3) is 0.269. The first-order valence-corrected chi connectivity index (χ1v) is 14.1. The number of sulfonamides is 1. The maximum absolute atomic E-state index is 13.6. The number of hydrogen-bond donors (Lipinski definition) is 1. The van der Waals surface area contributed by atoms with Crippen molar-refractivity contribution in [2.75, 3.05) is 36.9 Å². The molecule has 0 saturated carbocycles. The summed E-state index contributed by atoms with van der Waals surface area (Å²) >= 11 is 1.52. The molecule has 0 aliphatic carbocycles. The van der Waals surface area contributed by atoms with Gasteiger partial charge in [0.05, 0.1) is 23.7 Å². The molecule has 0 saturated heterocycles. The van der Waals surface area contributed by atoms with Crippen molar-refractivity contribution in [2.24, 2.45) is 0 Å². The van der Waals surface area contributed by atoms with Crippen LogP contribution >= 0.6 is 11.8 Å². The van der Waals surface area contributed by atoms with E-state index in [2.05, 4.69) is 5.32 Å². The van der Waals surface area contributed by atoms with E-state index < -0.39 is 28.6 Å². The molecule has 1 heterocycles. The molecule has 0 aromatic heterocycles. The van der Waals surface area contributed by atoms with Gasteiger partial charge in [0.1, 0.15) is 25.0 Å². The second kappa shape index (κ2) is 11.6. The van der Waals surface area contributed by atoms with Crippen molar-refractivity contribution in [3.63, 3.8) is 0 Å². The van der Waals surface area contributed by atoms with Crippen LogP contribution in [0.5, 0.6) is 17.2 Å². The van der Waals surface area contributed by atoms with Gasteiger partial charge in [-0.05, 0) is 73.8 Å². The van der Waals surface area contributed by atoms with E-state index in [0.29, 0.717) is 29.5 Å². The molecule has 0 unspecified atom stereocenters. The van der Waals surface area contributed by atoms with Crippen LogP contribution in [0.15, 0.2) is 82.6 Å². The standard InChI is InChI=1S/C26H28N2O6S2/c1-3-32-20-10-8-19(9-11-20)28(36(30,31)23-14-12-22(35-2)13-15-23)17-26(29)27-16-21-18-33-24-6-4-5-7-25(24)34-21/h4-15,21H,3,16-18H2,1-2H3,(H,27,29)/t21-/m1/s1. The van der Waals surface area contributed by atoms with E-state index in [1.54, 1.807) is 54.6 Å². The van der Waals surface area contributed by atoms with Crippen LogP contribution in [0, 0.1) is 0 Å². The van der Waals surface area contributed by atoms with E-state index in [0.717, 1.165) is 9.20 Å². The third-order valence-electron chi connectivity index (χ3n) is 5.46. The van der Waals surface area contributed by atoms with Gasteiger partial charge in [-0.3, -0.25) is 9.10 Å². The highest BCUT2D eigenvalue weighted by molar-refractivity contribution is 7.98. The molecule has 1 aliphatic heterocycles. The van der Waals surface area contributed by atoms with E-state index in [-0.39, 0.29) is 18.0 Å². The Morgan fingerprint density at radius 1 is 1.06 bits per heavy atom. The minimum Gasteiger partial charge on any atom is -0.494 e. The van der Waals surface area contributed by atoms with Gasteiger partial charge in [0.2, 0.25) is 5.91 Å². The van der Waals surface area contributed by atoms with Gasteiger partial charge in [0.15, 0.2) is 11.5 Å². The van der Waals surface area contributed by atoms with Crippen LogP contribution in [0.2, 0.25) is 0 Å². The number of nitrogens with one attached hydrogen (secondary N) is 1. The van der Waals surface area contributed by atoms with E-state index in [1.807, 2.05) is 31.4 Å². The molecular weight excluding hydrogens is 500 g/mol. The molecule has 36 heavy (non-hydrogen) atoms. The first kappa shape index (κ1) is 25.7. The highest BCUT2D eigenvalue weighted by atomic mass is 32.2. The number of thioether (sulfide) groups is 1. The minimum atomic E-state index is -4.02. The van der Waals surface area contributed by atoms with Crippen LogP contribution < -0.4 is 23.8 Å². The molecule has 0 fully saturated rings. The highest BCUT2D eigenvalue weighted by Gasteiger charge is 2.28. The van der Waals surface area contributed by atoms with Crippen molar-refractivity contribution < 1.29 is 27.4 Å². The molecule has 8 nitrogen and oxygen atoms in total. The lowest BCUT2D eigenvalue weighted by Crippen LogP contribution is -2.45. The van der Waals surface area contributed by atoms with Crippen molar-refractivity contribution >= 4 is 33.4 Å². The largest absolute Gasteiger partial charge is 0.494 e. The summed E-state index contributed by atoms with van der Waals surface area (Å²) in [4.78, 5) is 14.0. The molecule has 0 bridgehead atoms. The summed E-state index contributed by atoms with van der Waals surface area (Å²) in [6.45, 7) is 2.41. The zero-order valence-corrected chi connectivity index (χ0v) is 21.7. The zero-order valence-electron chi connectivity index (χ0n) is 20.0. The van der Waals surface area contributed by atoms with Crippen molar-refractivity contribution in [1.29, 1.82) is 0 Å². The Kier molecular flexibility index (Phi) is 8.27. The van der Waals surface area contributed by atoms with E-state index >= 15 is 0 Å². The molecule has 1 atom stereocenters. The fourth-order valence-electron chi connectivity index (χ4n) is 3.64. The second-order valence-electron chi connectivity index (χ2n) is 7.92.